The first kappa shape index (κ1) is 21.0. The fourth-order valence-corrected chi connectivity index (χ4v) is 5.69. The number of unbranched alkanes of at least 4 members (excludes halogenated alkanes) is 2. The average Bonchev–Trinajstić information content (AvgIpc) is 2.57. The predicted octanol–water partition coefficient (Wildman–Crippen LogP) is 5.72. The van der Waals surface area contributed by atoms with E-state index in [4.69, 9.17) is 4.74 Å². The van der Waals surface area contributed by atoms with Gasteiger partial charge in [-0.05, 0) is 69.2 Å². The number of rotatable bonds is 10. The van der Waals surface area contributed by atoms with Gasteiger partial charge in [0.2, 0.25) is 5.91 Å². The molecule has 1 aromatic rings. The molecule has 136 valence electrons. The standard InChI is InChI=1S/C20H34NO2P/c1-7-9-11-24(12-10-8-2)17(5)20(22)21-19-15(3)13-18(23-6)14-16(19)4/h13-14,17H,7-12H2,1-6H3,(H,21,22). The van der Waals surface area contributed by atoms with E-state index in [1.807, 2.05) is 26.0 Å². The maximum absolute atomic E-state index is 12.8. The second-order valence-corrected chi connectivity index (χ2v) is 9.39. The number of hydrogen-bond donors (Lipinski definition) is 1. The van der Waals surface area contributed by atoms with Gasteiger partial charge in [-0.1, -0.05) is 34.6 Å². The van der Waals surface area contributed by atoms with Gasteiger partial charge in [0.05, 0.1) is 12.8 Å². The lowest BCUT2D eigenvalue weighted by Crippen LogP contribution is -2.26. The molecule has 0 radical (unpaired) electrons. The highest BCUT2D eigenvalue weighted by atomic mass is 31.1. The van der Waals surface area contributed by atoms with E-state index in [-0.39, 0.29) is 19.5 Å². The van der Waals surface area contributed by atoms with Gasteiger partial charge in [-0.2, -0.15) is 0 Å². The zero-order chi connectivity index (χ0) is 18.1. The van der Waals surface area contributed by atoms with Gasteiger partial charge in [0.25, 0.3) is 0 Å². The van der Waals surface area contributed by atoms with E-state index in [9.17, 15) is 4.79 Å². The Balaban J connectivity index is 2.84. The monoisotopic (exact) mass is 351 g/mol. The van der Waals surface area contributed by atoms with E-state index in [1.165, 1.54) is 38.0 Å². The van der Waals surface area contributed by atoms with Crippen LogP contribution in [-0.2, 0) is 4.79 Å². The van der Waals surface area contributed by atoms with Crippen LogP contribution in [0.15, 0.2) is 12.1 Å². The van der Waals surface area contributed by atoms with Crippen molar-refractivity contribution in [1.29, 1.82) is 0 Å². The highest BCUT2D eigenvalue weighted by Crippen LogP contribution is 2.43. The molecule has 1 rings (SSSR count). The largest absolute Gasteiger partial charge is 0.497 e. The first-order valence-corrected chi connectivity index (χ1v) is 10.9. The summed E-state index contributed by atoms with van der Waals surface area (Å²) in [6.07, 6.45) is 7.29. The van der Waals surface area contributed by atoms with Crippen LogP contribution in [0, 0.1) is 13.8 Å². The topological polar surface area (TPSA) is 38.3 Å². The first-order chi connectivity index (χ1) is 11.4. The van der Waals surface area contributed by atoms with Crippen LogP contribution in [0.1, 0.15) is 57.6 Å². The lowest BCUT2D eigenvalue weighted by molar-refractivity contribution is -0.115. The second kappa shape index (κ2) is 10.7. The number of aryl methyl sites for hydroxylation is 2. The summed E-state index contributed by atoms with van der Waals surface area (Å²) in [5.74, 6) is 1.01. The molecule has 24 heavy (non-hydrogen) atoms. The lowest BCUT2D eigenvalue weighted by atomic mass is 10.1. The fourth-order valence-electron chi connectivity index (χ4n) is 2.85. The average molecular weight is 351 g/mol. The van der Waals surface area contributed by atoms with Crippen LogP contribution in [0.3, 0.4) is 0 Å². The molecule has 0 saturated carbocycles. The summed E-state index contributed by atoms with van der Waals surface area (Å²) in [6, 6.07) is 3.95. The molecule has 1 unspecified atom stereocenters. The Bertz CT molecular complexity index is 499. The van der Waals surface area contributed by atoms with Crippen molar-refractivity contribution in [1.82, 2.24) is 0 Å². The number of benzene rings is 1. The number of carbonyl (C=O) groups is 1. The Kier molecular flexibility index (Phi) is 9.36. The predicted molar refractivity (Wildman–Crippen MR) is 107 cm³/mol. The summed E-state index contributed by atoms with van der Waals surface area (Å²) in [4.78, 5) is 12.8. The minimum absolute atomic E-state index is 0.110. The maximum Gasteiger partial charge on any atom is 0.231 e. The Labute approximate surface area is 149 Å². The van der Waals surface area contributed by atoms with Gasteiger partial charge < -0.3 is 10.1 Å². The summed E-state index contributed by atoms with van der Waals surface area (Å²) in [7, 11) is 1.44. The van der Waals surface area contributed by atoms with Crippen molar-refractivity contribution >= 4 is 19.5 Å². The molecule has 1 atom stereocenters. The molecular formula is C20H34NO2P. The van der Waals surface area contributed by atoms with Gasteiger partial charge in [-0.3, -0.25) is 4.79 Å². The molecule has 0 aliphatic rings. The van der Waals surface area contributed by atoms with Crippen molar-refractivity contribution in [2.24, 2.45) is 0 Å². The number of carbonyl (C=O) groups excluding carboxylic acids is 1. The van der Waals surface area contributed by atoms with Crippen molar-refractivity contribution < 1.29 is 9.53 Å². The number of methoxy groups -OCH3 is 1. The molecule has 0 aliphatic carbocycles. The Morgan fingerprint density at radius 1 is 1.12 bits per heavy atom. The third kappa shape index (κ3) is 6.09. The normalized spacial score (nSPS) is 12.3. The lowest BCUT2D eigenvalue weighted by Gasteiger charge is -2.25. The highest BCUT2D eigenvalue weighted by molar-refractivity contribution is 7.59. The van der Waals surface area contributed by atoms with E-state index in [2.05, 4.69) is 26.1 Å². The molecular weight excluding hydrogens is 317 g/mol. The van der Waals surface area contributed by atoms with Gasteiger partial charge >= 0.3 is 0 Å². The van der Waals surface area contributed by atoms with Gasteiger partial charge in [0, 0.05) is 5.69 Å². The highest BCUT2D eigenvalue weighted by Gasteiger charge is 2.23. The van der Waals surface area contributed by atoms with Crippen molar-refractivity contribution in [2.75, 3.05) is 24.8 Å². The summed E-state index contributed by atoms with van der Waals surface area (Å²) in [5.41, 5.74) is 3.16. The van der Waals surface area contributed by atoms with E-state index in [0.717, 1.165) is 22.6 Å². The van der Waals surface area contributed by atoms with Crippen LogP contribution in [0.4, 0.5) is 5.69 Å². The molecule has 1 amide bonds. The quantitative estimate of drug-likeness (QED) is 0.547. The van der Waals surface area contributed by atoms with Crippen LogP contribution in [0.5, 0.6) is 5.75 Å². The molecule has 1 aromatic carbocycles. The van der Waals surface area contributed by atoms with Gasteiger partial charge in [0.15, 0.2) is 0 Å². The van der Waals surface area contributed by atoms with Crippen LogP contribution >= 0.6 is 7.92 Å². The number of hydrogen-bond acceptors (Lipinski definition) is 2. The van der Waals surface area contributed by atoms with Crippen molar-refractivity contribution in [2.45, 2.75) is 66.0 Å². The zero-order valence-corrected chi connectivity index (χ0v) is 17.1. The third-order valence-corrected chi connectivity index (χ3v) is 7.63. The number of nitrogens with one attached hydrogen (secondary N) is 1. The molecule has 0 aromatic heterocycles. The van der Waals surface area contributed by atoms with Gasteiger partial charge in [-0.15, -0.1) is 0 Å². The van der Waals surface area contributed by atoms with E-state index >= 15 is 0 Å². The molecule has 0 bridgehead atoms. The zero-order valence-electron chi connectivity index (χ0n) is 16.2. The van der Waals surface area contributed by atoms with E-state index in [1.54, 1.807) is 7.11 Å². The molecule has 3 nitrogen and oxygen atoms in total. The third-order valence-electron chi connectivity index (χ3n) is 4.52. The number of amides is 1. The smallest absolute Gasteiger partial charge is 0.231 e. The Morgan fingerprint density at radius 2 is 1.62 bits per heavy atom. The van der Waals surface area contributed by atoms with Crippen LogP contribution in [0.2, 0.25) is 0 Å². The van der Waals surface area contributed by atoms with Crippen molar-refractivity contribution in [3.8, 4) is 5.75 Å². The number of anilines is 1. The van der Waals surface area contributed by atoms with E-state index in [0.29, 0.717) is 0 Å². The van der Waals surface area contributed by atoms with Crippen LogP contribution in [-0.4, -0.2) is 31.0 Å². The Hall–Kier alpha value is -1.08. The van der Waals surface area contributed by atoms with Gasteiger partial charge in [0.1, 0.15) is 5.75 Å². The van der Waals surface area contributed by atoms with Crippen LogP contribution in [0.25, 0.3) is 0 Å². The SMILES string of the molecule is CCCCP(CCCC)C(C)C(=O)Nc1c(C)cc(OC)cc1C. The first-order valence-electron chi connectivity index (χ1n) is 9.14. The summed E-state index contributed by atoms with van der Waals surface area (Å²) in [5, 5.41) is 3.18. The van der Waals surface area contributed by atoms with Crippen molar-refractivity contribution in [3.63, 3.8) is 0 Å². The molecule has 4 heteroatoms. The minimum Gasteiger partial charge on any atom is -0.497 e. The molecule has 0 heterocycles. The van der Waals surface area contributed by atoms with Crippen LogP contribution < -0.4 is 10.1 Å². The van der Waals surface area contributed by atoms with E-state index < -0.39 is 0 Å². The molecule has 0 fully saturated rings. The number of ether oxygens (including phenoxy) is 1. The Morgan fingerprint density at radius 3 is 2.04 bits per heavy atom. The summed E-state index contributed by atoms with van der Waals surface area (Å²) < 4.78 is 5.30. The molecule has 1 N–H and O–H groups in total. The molecule has 0 spiro atoms. The summed E-state index contributed by atoms with van der Waals surface area (Å²) >= 11 is 0. The second-order valence-electron chi connectivity index (χ2n) is 6.54. The minimum atomic E-state index is -0.235. The fraction of sp³-hybridized carbons (Fsp3) is 0.650. The molecule has 0 saturated heterocycles. The van der Waals surface area contributed by atoms with Gasteiger partial charge in [-0.25, -0.2) is 0 Å². The van der Waals surface area contributed by atoms with Crippen molar-refractivity contribution in [3.05, 3.63) is 23.3 Å². The molecule has 0 aliphatic heterocycles. The maximum atomic E-state index is 12.8. The summed E-state index contributed by atoms with van der Waals surface area (Å²) in [6.45, 7) is 10.6.